The lowest BCUT2D eigenvalue weighted by atomic mass is 10.1. The average Bonchev–Trinajstić information content (AvgIpc) is 2.15. The van der Waals surface area contributed by atoms with E-state index in [0.717, 1.165) is 12.8 Å². The maximum absolute atomic E-state index is 11.5. The molecule has 0 saturated carbocycles. The van der Waals surface area contributed by atoms with Gasteiger partial charge >= 0.3 is 0 Å². The van der Waals surface area contributed by atoms with Crippen LogP contribution in [0.1, 0.15) is 19.3 Å². The number of carbonyl (C=O) groups is 2. The Kier molecular flexibility index (Phi) is 1.95. The Morgan fingerprint density at radius 2 is 1.77 bits per heavy atom. The van der Waals surface area contributed by atoms with Crippen LogP contribution >= 0.6 is 0 Å². The molecule has 5 heteroatoms. The Morgan fingerprint density at radius 1 is 1.15 bits per heavy atom. The summed E-state index contributed by atoms with van der Waals surface area (Å²) < 4.78 is 0. The summed E-state index contributed by atoms with van der Waals surface area (Å²) in [5.41, 5.74) is 5.54. The molecule has 0 aromatic carbocycles. The lowest BCUT2D eigenvalue weighted by Gasteiger charge is -2.43. The predicted molar refractivity (Wildman–Crippen MR) is 45.3 cm³/mol. The second-order valence-corrected chi connectivity index (χ2v) is 3.50. The average molecular weight is 183 g/mol. The molecule has 5 nitrogen and oxygen atoms in total. The van der Waals surface area contributed by atoms with Gasteiger partial charge < -0.3 is 5.73 Å². The maximum atomic E-state index is 11.5. The lowest BCUT2D eigenvalue weighted by Crippen LogP contribution is -2.62. The van der Waals surface area contributed by atoms with Crippen LogP contribution < -0.4 is 5.73 Å². The van der Waals surface area contributed by atoms with E-state index in [1.807, 2.05) is 0 Å². The van der Waals surface area contributed by atoms with E-state index in [1.54, 1.807) is 0 Å². The maximum Gasteiger partial charge on any atom is 0.258 e. The number of nitrogens with two attached hydrogens (primary N) is 1. The first-order valence-electron chi connectivity index (χ1n) is 4.57. The number of carbonyl (C=O) groups excluding carboxylic acids is 2. The van der Waals surface area contributed by atoms with Crippen molar-refractivity contribution < 1.29 is 9.59 Å². The fraction of sp³-hybridized carbons (Fsp3) is 0.750. The molecule has 0 aromatic rings. The Balaban J connectivity index is 2.19. The van der Waals surface area contributed by atoms with Crippen LogP contribution in [0.25, 0.3) is 0 Å². The molecule has 0 radical (unpaired) electrons. The minimum Gasteiger partial charge on any atom is -0.319 e. The zero-order valence-corrected chi connectivity index (χ0v) is 7.40. The summed E-state index contributed by atoms with van der Waals surface area (Å²) in [6.07, 6.45) is 2.10. The quantitative estimate of drug-likeness (QED) is 0.528. The normalized spacial score (nSPS) is 29.2. The van der Waals surface area contributed by atoms with Crippen molar-refractivity contribution in [1.29, 1.82) is 0 Å². The number of rotatable bonds is 0. The molecule has 2 saturated heterocycles. The Bertz CT molecular complexity index is 254. The molecule has 72 valence electrons. The van der Waals surface area contributed by atoms with Gasteiger partial charge in [0.05, 0.1) is 12.5 Å². The fourth-order valence-electron chi connectivity index (χ4n) is 1.83. The molecule has 13 heavy (non-hydrogen) atoms. The van der Waals surface area contributed by atoms with Crippen molar-refractivity contribution >= 4 is 11.8 Å². The van der Waals surface area contributed by atoms with E-state index in [0.29, 0.717) is 13.1 Å². The molecule has 2 amide bonds. The van der Waals surface area contributed by atoms with Gasteiger partial charge in [0.25, 0.3) is 5.91 Å². The highest BCUT2D eigenvalue weighted by Gasteiger charge is 2.37. The smallest absolute Gasteiger partial charge is 0.258 e. The summed E-state index contributed by atoms with van der Waals surface area (Å²) >= 11 is 0. The SMILES string of the molecule is N[C@H]1CC(=O)N2CCCCN2C1=O. The fourth-order valence-corrected chi connectivity index (χ4v) is 1.83. The highest BCUT2D eigenvalue weighted by Crippen LogP contribution is 2.18. The van der Waals surface area contributed by atoms with E-state index in [-0.39, 0.29) is 18.2 Å². The molecule has 2 aliphatic heterocycles. The summed E-state index contributed by atoms with van der Waals surface area (Å²) in [7, 11) is 0. The van der Waals surface area contributed by atoms with Crippen LogP contribution in [0, 0.1) is 0 Å². The van der Waals surface area contributed by atoms with Crippen molar-refractivity contribution in [2.75, 3.05) is 13.1 Å². The summed E-state index contributed by atoms with van der Waals surface area (Å²) in [4.78, 5) is 22.9. The Labute approximate surface area is 76.4 Å². The third kappa shape index (κ3) is 1.29. The standard InChI is InChI=1S/C8H13N3O2/c9-6-5-7(12)10-3-1-2-4-11(10)8(6)13/h6H,1-5,9H2/t6-/m0/s1. The van der Waals surface area contributed by atoms with Gasteiger partial charge in [-0.05, 0) is 12.8 Å². The second kappa shape index (κ2) is 2.99. The second-order valence-electron chi connectivity index (χ2n) is 3.50. The summed E-state index contributed by atoms with van der Waals surface area (Å²) in [5.74, 6) is -0.133. The van der Waals surface area contributed by atoms with Crippen LogP contribution in [0.2, 0.25) is 0 Å². The van der Waals surface area contributed by atoms with Crippen LogP contribution in [0.15, 0.2) is 0 Å². The molecule has 2 rings (SSSR count). The summed E-state index contributed by atoms with van der Waals surface area (Å²) in [6.45, 7) is 1.30. The van der Waals surface area contributed by atoms with Crippen LogP contribution in [-0.4, -0.2) is 41.0 Å². The van der Waals surface area contributed by atoms with Crippen molar-refractivity contribution in [3.8, 4) is 0 Å². The van der Waals surface area contributed by atoms with Gasteiger partial charge in [0.2, 0.25) is 5.91 Å². The van der Waals surface area contributed by atoms with E-state index in [4.69, 9.17) is 5.73 Å². The van der Waals surface area contributed by atoms with Gasteiger partial charge in [-0.3, -0.25) is 19.6 Å². The number of hydrogen-bond acceptors (Lipinski definition) is 3. The van der Waals surface area contributed by atoms with Crippen LogP contribution in [0.3, 0.4) is 0 Å². The van der Waals surface area contributed by atoms with Gasteiger partial charge in [-0.1, -0.05) is 0 Å². The topological polar surface area (TPSA) is 66.6 Å². The molecule has 0 aromatic heterocycles. The van der Waals surface area contributed by atoms with Crippen LogP contribution in [0.5, 0.6) is 0 Å². The number of fused-ring (bicyclic) bond motifs is 1. The van der Waals surface area contributed by atoms with Crippen LogP contribution in [0.4, 0.5) is 0 Å². The van der Waals surface area contributed by atoms with E-state index < -0.39 is 6.04 Å². The molecule has 0 aliphatic carbocycles. The van der Waals surface area contributed by atoms with E-state index in [9.17, 15) is 9.59 Å². The van der Waals surface area contributed by atoms with Crippen molar-refractivity contribution in [1.82, 2.24) is 10.0 Å². The zero-order valence-electron chi connectivity index (χ0n) is 7.40. The highest BCUT2D eigenvalue weighted by atomic mass is 16.2. The molecule has 2 N–H and O–H groups in total. The predicted octanol–water partition coefficient (Wildman–Crippen LogP) is -0.917. The van der Waals surface area contributed by atoms with Crippen LogP contribution in [-0.2, 0) is 9.59 Å². The first-order valence-corrected chi connectivity index (χ1v) is 4.57. The van der Waals surface area contributed by atoms with Gasteiger partial charge in [0.1, 0.15) is 0 Å². The molecule has 0 unspecified atom stereocenters. The zero-order chi connectivity index (χ0) is 9.42. The van der Waals surface area contributed by atoms with Gasteiger partial charge in [0, 0.05) is 13.1 Å². The first kappa shape index (κ1) is 8.50. The summed E-state index contributed by atoms with van der Waals surface area (Å²) in [5, 5.41) is 3.04. The molecule has 1 atom stereocenters. The minimum absolute atomic E-state index is 0.0215. The van der Waals surface area contributed by atoms with Crippen molar-refractivity contribution in [3.63, 3.8) is 0 Å². The summed E-state index contributed by atoms with van der Waals surface area (Å²) in [6, 6.07) is -0.623. The van der Waals surface area contributed by atoms with E-state index >= 15 is 0 Å². The number of nitrogens with zero attached hydrogens (tertiary/aromatic N) is 2. The minimum atomic E-state index is -0.623. The van der Waals surface area contributed by atoms with Gasteiger partial charge in [-0.2, -0.15) is 0 Å². The van der Waals surface area contributed by atoms with Crippen molar-refractivity contribution in [2.45, 2.75) is 25.3 Å². The Hall–Kier alpha value is -1.10. The highest BCUT2D eigenvalue weighted by molar-refractivity contribution is 5.93. The van der Waals surface area contributed by atoms with E-state index in [2.05, 4.69) is 0 Å². The van der Waals surface area contributed by atoms with Crippen molar-refractivity contribution in [3.05, 3.63) is 0 Å². The molecule has 2 fully saturated rings. The molecule has 2 heterocycles. The molecule has 2 aliphatic rings. The van der Waals surface area contributed by atoms with Gasteiger partial charge in [-0.25, -0.2) is 0 Å². The molecule has 0 spiro atoms. The van der Waals surface area contributed by atoms with Gasteiger partial charge in [-0.15, -0.1) is 0 Å². The lowest BCUT2D eigenvalue weighted by molar-refractivity contribution is -0.176. The van der Waals surface area contributed by atoms with E-state index in [1.165, 1.54) is 10.0 Å². The van der Waals surface area contributed by atoms with Gasteiger partial charge in [0.15, 0.2) is 0 Å². The largest absolute Gasteiger partial charge is 0.319 e. The molecular weight excluding hydrogens is 170 g/mol. The molecule has 0 bridgehead atoms. The number of amides is 2. The third-order valence-corrected chi connectivity index (χ3v) is 2.54. The first-order chi connectivity index (χ1) is 6.20. The van der Waals surface area contributed by atoms with Crippen molar-refractivity contribution in [2.24, 2.45) is 5.73 Å². The number of hydrogen-bond donors (Lipinski definition) is 1. The monoisotopic (exact) mass is 183 g/mol. The molecular formula is C8H13N3O2. The third-order valence-electron chi connectivity index (χ3n) is 2.54. The number of hydrazine groups is 1. The Morgan fingerprint density at radius 3 is 2.46 bits per heavy atom.